The normalized spacial score (nSPS) is 21.1. The van der Waals surface area contributed by atoms with Gasteiger partial charge in [-0.05, 0) is 69.2 Å². The third-order valence-electron chi connectivity index (χ3n) is 7.33. The van der Waals surface area contributed by atoms with Gasteiger partial charge in [0.1, 0.15) is 12.4 Å². The predicted octanol–water partition coefficient (Wildman–Crippen LogP) is 4.40. The first-order valence-corrected chi connectivity index (χ1v) is 12.9. The molecule has 2 unspecified atom stereocenters. The van der Waals surface area contributed by atoms with E-state index in [1.807, 2.05) is 35.6 Å². The second-order valence-corrected chi connectivity index (χ2v) is 10.6. The standard InChI is InChI=1S/C28H30F3N5O3/c1-27(2,39-25-22-6-4-3-5-17(22)11-12-32-25)26(38)35-19-13-20-8-9-21(14-19)36(20)23-10-7-18(15-33-23)24(37)34-16-28(29,30)31/h3-7,10-12,15,19-21H,8-9,13-14,16H2,1-2H3,(H,34,37)(H,35,38). The number of amides is 2. The van der Waals surface area contributed by atoms with E-state index in [4.69, 9.17) is 4.74 Å². The summed E-state index contributed by atoms with van der Waals surface area (Å²) in [6.45, 7) is 2.06. The van der Waals surface area contributed by atoms with Crippen molar-refractivity contribution in [2.45, 2.75) is 69.4 Å². The molecule has 8 nitrogen and oxygen atoms in total. The number of alkyl halides is 3. The van der Waals surface area contributed by atoms with E-state index in [0.717, 1.165) is 36.5 Å². The Kier molecular flexibility index (Phi) is 7.09. The SMILES string of the molecule is CC(C)(Oc1nccc2ccccc12)C(=O)NC1CC2CCC(C1)N2c1ccc(C(=O)NCC(F)(F)F)cn1. The fourth-order valence-electron chi connectivity index (χ4n) is 5.45. The Morgan fingerprint density at radius 3 is 2.41 bits per heavy atom. The Morgan fingerprint density at radius 2 is 1.74 bits per heavy atom. The minimum atomic E-state index is -4.48. The zero-order valence-corrected chi connectivity index (χ0v) is 21.7. The number of hydrogen-bond acceptors (Lipinski definition) is 6. The molecule has 0 saturated carbocycles. The molecule has 2 saturated heterocycles. The lowest BCUT2D eigenvalue weighted by Gasteiger charge is -2.40. The maximum atomic E-state index is 13.3. The summed E-state index contributed by atoms with van der Waals surface area (Å²) in [4.78, 5) is 36.2. The number of hydrogen-bond donors (Lipinski definition) is 2. The van der Waals surface area contributed by atoms with Gasteiger partial charge in [-0.15, -0.1) is 0 Å². The molecule has 0 radical (unpaired) electrons. The monoisotopic (exact) mass is 541 g/mol. The minimum absolute atomic E-state index is 0.0398. The van der Waals surface area contributed by atoms with Crippen LogP contribution in [0.5, 0.6) is 5.88 Å². The Hall–Kier alpha value is -3.89. The van der Waals surface area contributed by atoms with E-state index in [-0.39, 0.29) is 29.6 Å². The number of anilines is 1. The number of benzene rings is 1. The van der Waals surface area contributed by atoms with Crippen molar-refractivity contribution in [1.82, 2.24) is 20.6 Å². The van der Waals surface area contributed by atoms with Crippen molar-refractivity contribution in [3.8, 4) is 5.88 Å². The lowest BCUT2D eigenvalue weighted by Crippen LogP contribution is -2.55. The first-order valence-electron chi connectivity index (χ1n) is 12.9. The molecule has 2 fully saturated rings. The molecular weight excluding hydrogens is 511 g/mol. The van der Waals surface area contributed by atoms with Gasteiger partial charge in [-0.2, -0.15) is 13.2 Å². The van der Waals surface area contributed by atoms with Crippen molar-refractivity contribution in [1.29, 1.82) is 0 Å². The van der Waals surface area contributed by atoms with Gasteiger partial charge < -0.3 is 20.3 Å². The number of carbonyl (C=O) groups is 2. The molecule has 39 heavy (non-hydrogen) atoms. The summed E-state index contributed by atoms with van der Waals surface area (Å²) in [6, 6.07) is 13.0. The summed E-state index contributed by atoms with van der Waals surface area (Å²) in [5.74, 6) is 0.0387. The molecule has 206 valence electrons. The summed E-state index contributed by atoms with van der Waals surface area (Å²) in [5.41, 5.74) is -1.07. The Bertz CT molecular complexity index is 1340. The van der Waals surface area contributed by atoms with Crippen LogP contribution >= 0.6 is 0 Å². The molecule has 4 heterocycles. The molecule has 2 bridgehead atoms. The molecule has 0 spiro atoms. The maximum Gasteiger partial charge on any atom is 0.405 e. The highest BCUT2D eigenvalue weighted by atomic mass is 19.4. The van der Waals surface area contributed by atoms with Gasteiger partial charge in [0, 0.05) is 35.9 Å². The number of aromatic nitrogens is 2. The Balaban J connectivity index is 1.20. The lowest BCUT2D eigenvalue weighted by atomic mass is 9.96. The zero-order chi connectivity index (χ0) is 27.8. The van der Waals surface area contributed by atoms with Gasteiger partial charge in [0.15, 0.2) is 5.60 Å². The highest BCUT2D eigenvalue weighted by Crippen LogP contribution is 2.39. The molecule has 2 N–H and O–H groups in total. The van der Waals surface area contributed by atoms with E-state index >= 15 is 0 Å². The summed E-state index contributed by atoms with van der Waals surface area (Å²) in [7, 11) is 0. The molecule has 0 aliphatic carbocycles. The number of fused-ring (bicyclic) bond motifs is 3. The molecule has 11 heteroatoms. The number of carbonyl (C=O) groups excluding carboxylic acids is 2. The van der Waals surface area contributed by atoms with Crippen LogP contribution in [0.1, 0.15) is 49.9 Å². The number of ether oxygens (including phenoxy) is 1. The second kappa shape index (κ2) is 10.3. The quantitative estimate of drug-likeness (QED) is 0.461. The van der Waals surface area contributed by atoms with Crippen molar-refractivity contribution in [3.63, 3.8) is 0 Å². The average Bonchev–Trinajstić information content (AvgIpc) is 3.17. The van der Waals surface area contributed by atoms with Crippen LogP contribution in [0.15, 0.2) is 54.9 Å². The molecule has 2 atom stereocenters. The third kappa shape index (κ3) is 5.91. The van der Waals surface area contributed by atoms with Crippen molar-refractivity contribution in [3.05, 3.63) is 60.4 Å². The van der Waals surface area contributed by atoms with Crippen LogP contribution in [0.25, 0.3) is 10.8 Å². The summed E-state index contributed by atoms with van der Waals surface area (Å²) >= 11 is 0. The fourth-order valence-corrected chi connectivity index (χ4v) is 5.45. The van der Waals surface area contributed by atoms with Crippen LogP contribution in [-0.4, -0.2) is 58.2 Å². The molecule has 2 aliphatic rings. The molecular formula is C28H30F3N5O3. The van der Waals surface area contributed by atoms with E-state index in [9.17, 15) is 22.8 Å². The number of pyridine rings is 2. The number of piperidine rings is 1. The van der Waals surface area contributed by atoms with Gasteiger partial charge in [0.2, 0.25) is 5.88 Å². The average molecular weight is 542 g/mol. The highest BCUT2D eigenvalue weighted by molar-refractivity contribution is 5.94. The van der Waals surface area contributed by atoms with Crippen LogP contribution in [0.3, 0.4) is 0 Å². The van der Waals surface area contributed by atoms with E-state index in [1.54, 1.807) is 26.1 Å². The lowest BCUT2D eigenvalue weighted by molar-refractivity contribution is -0.135. The zero-order valence-electron chi connectivity index (χ0n) is 21.7. The molecule has 2 aromatic heterocycles. The first-order chi connectivity index (χ1) is 18.5. The molecule has 1 aromatic carbocycles. The highest BCUT2D eigenvalue weighted by Gasteiger charge is 2.43. The first kappa shape index (κ1) is 26.7. The van der Waals surface area contributed by atoms with E-state index in [0.29, 0.717) is 11.7 Å². The Labute approximate surface area is 223 Å². The van der Waals surface area contributed by atoms with Gasteiger partial charge in [-0.25, -0.2) is 9.97 Å². The number of nitrogens with zero attached hydrogens (tertiary/aromatic N) is 3. The molecule has 2 amide bonds. The van der Waals surface area contributed by atoms with E-state index in [2.05, 4.69) is 20.2 Å². The van der Waals surface area contributed by atoms with Crippen molar-refractivity contribution < 1.29 is 27.5 Å². The second-order valence-electron chi connectivity index (χ2n) is 10.6. The molecule has 2 aliphatic heterocycles. The minimum Gasteiger partial charge on any atom is -0.461 e. The summed E-state index contributed by atoms with van der Waals surface area (Å²) in [6.07, 6.45) is 1.81. The third-order valence-corrected chi connectivity index (χ3v) is 7.33. The van der Waals surface area contributed by atoms with Gasteiger partial charge in [-0.3, -0.25) is 9.59 Å². The predicted molar refractivity (Wildman–Crippen MR) is 140 cm³/mol. The maximum absolute atomic E-state index is 13.3. The van der Waals surface area contributed by atoms with Crippen LogP contribution in [0.2, 0.25) is 0 Å². The van der Waals surface area contributed by atoms with Crippen molar-refractivity contribution in [2.24, 2.45) is 0 Å². The van der Waals surface area contributed by atoms with E-state index < -0.39 is 24.2 Å². The van der Waals surface area contributed by atoms with Crippen molar-refractivity contribution in [2.75, 3.05) is 11.4 Å². The number of nitrogens with one attached hydrogen (secondary N) is 2. The number of rotatable bonds is 7. The van der Waals surface area contributed by atoms with Crippen LogP contribution in [-0.2, 0) is 4.79 Å². The molecule has 3 aromatic rings. The van der Waals surface area contributed by atoms with E-state index in [1.165, 1.54) is 12.3 Å². The fraction of sp³-hybridized carbons (Fsp3) is 0.429. The topological polar surface area (TPSA) is 96.5 Å². The van der Waals surface area contributed by atoms with Gasteiger partial charge >= 0.3 is 6.18 Å². The Morgan fingerprint density at radius 1 is 1.03 bits per heavy atom. The van der Waals surface area contributed by atoms with Crippen LogP contribution < -0.4 is 20.3 Å². The number of halogens is 3. The smallest absolute Gasteiger partial charge is 0.405 e. The van der Waals surface area contributed by atoms with Crippen molar-refractivity contribution >= 4 is 28.4 Å². The van der Waals surface area contributed by atoms with Gasteiger partial charge in [0.05, 0.1) is 5.56 Å². The van der Waals surface area contributed by atoms with Crippen LogP contribution in [0, 0.1) is 0 Å². The van der Waals surface area contributed by atoms with Gasteiger partial charge in [-0.1, -0.05) is 18.2 Å². The largest absolute Gasteiger partial charge is 0.461 e. The molecule has 5 rings (SSSR count). The summed E-state index contributed by atoms with van der Waals surface area (Å²) < 4.78 is 43.3. The van der Waals surface area contributed by atoms with Gasteiger partial charge in [0.25, 0.3) is 11.8 Å². The van der Waals surface area contributed by atoms with Crippen LogP contribution in [0.4, 0.5) is 19.0 Å². The summed E-state index contributed by atoms with van der Waals surface area (Å²) in [5, 5.41) is 6.84.